The molecule has 1 heterocycles. The largest absolute Gasteiger partial charge is 0.303 e. The molecule has 5 aromatic carbocycles. The van der Waals surface area contributed by atoms with E-state index in [0.717, 1.165) is 34.0 Å². The summed E-state index contributed by atoms with van der Waals surface area (Å²) in [5, 5.41) is 3.26. The highest BCUT2D eigenvalue weighted by molar-refractivity contribution is 8.15. The highest BCUT2D eigenvalue weighted by Gasteiger charge is 2.54. The van der Waals surface area contributed by atoms with Crippen LogP contribution in [0.1, 0.15) is 84.5 Å². The zero-order chi connectivity index (χ0) is 33.6. The van der Waals surface area contributed by atoms with Gasteiger partial charge in [-0.15, -0.1) is 0 Å². The number of imide groups is 1. The van der Waals surface area contributed by atoms with E-state index in [9.17, 15) is 9.59 Å². The van der Waals surface area contributed by atoms with Crippen LogP contribution in [0.4, 0.5) is 4.79 Å². The summed E-state index contributed by atoms with van der Waals surface area (Å²) in [6.45, 7) is 2.25. The lowest BCUT2D eigenvalue weighted by Crippen LogP contribution is -2.51. The fourth-order valence-corrected chi connectivity index (χ4v) is 9.08. The van der Waals surface area contributed by atoms with Crippen molar-refractivity contribution in [3.8, 4) is 0 Å². The molecule has 1 saturated heterocycles. The number of carbonyl (C=O) groups excluding carboxylic acids is 2. The van der Waals surface area contributed by atoms with Crippen LogP contribution in [0, 0.1) is 5.92 Å². The minimum absolute atomic E-state index is 0.156. The van der Waals surface area contributed by atoms with Gasteiger partial charge in [0.2, 0.25) is 5.91 Å². The molecular weight excluding hydrogens is 621 g/mol. The third-order valence-corrected chi connectivity index (χ3v) is 11.5. The average molecular weight is 665 g/mol. The molecule has 1 aliphatic heterocycles. The molecule has 5 aromatic rings. The van der Waals surface area contributed by atoms with Gasteiger partial charge in [-0.25, -0.2) is 0 Å². The number of nitrogens with zero attached hydrogens (tertiary/aromatic N) is 1. The topological polar surface area (TPSA) is 49.4 Å². The lowest BCUT2D eigenvalue weighted by Gasteiger charge is -2.42. The normalized spacial score (nSPS) is 18.4. The molecule has 0 aromatic heterocycles. The second-order valence-electron chi connectivity index (χ2n) is 13.5. The first kappa shape index (κ1) is 33.1. The molecule has 0 spiro atoms. The summed E-state index contributed by atoms with van der Waals surface area (Å²) < 4.78 is 0. The first-order chi connectivity index (χ1) is 24.1. The van der Waals surface area contributed by atoms with Crippen LogP contribution < -0.4 is 5.32 Å². The van der Waals surface area contributed by atoms with Crippen LogP contribution in [0.2, 0.25) is 0 Å². The van der Waals surface area contributed by atoms with Crippen molar-refractivity contribution in [1.29, 1.82) is 0 Å². The van der Waals surface area contributed by atoms with E-state index in [-0.39, 0.29) is 23.2 Å². The average Bonchev–Trinajstić information content (AvgIpc) is 3.44. The maximum Gasteiger partial charge on any atom is 0.290 e. The highest BCUT2D eigenvalue weighted by atomic mass is 32.2. The molecule has 4 nitrogen and oxygen atoms in total. The molecule has 1 saturated carbocycles. The van der Waals surface area contributed by atoms with Crippen LogP contribution in [-0.4, -0.2) is 21.3 Å². The molecule has 1 aliphatic carbocycles. The summed E-state index contributed by atoms with van der Waals surface area (Å²) in [7, 11) is 0. The molecule has 2 amide bonds. The van der Waals surface area contributed by atoms with Gasteiger partial charge in [-0.1, -0.05) is 177 Å². The van der Waals surface area contributed by atoms with Crippen molar-refractivity contribution in [3.05, 3.63) is 179 Å². The van der Waals surface area contributed by atoms with Crippen molar-refractivity contribution in [2.75, 3.05) is 0 Å². The van der Waals surface area contributed by atoms with E-state index in [1.165, 1.54) is 43.2 Å². The smallest absolute Gasteiger partial charge is 0.290 e. The van der Waals surface area contributed by atoms with Gasteiger partial charge in [-0.05, 0) is 65.5 Å². The second-order valence-corrected chi connectivity index (χ2v) is 14.6. The summed E-state index contributed by atoms with van der Waals surface area (Å²) >= 11 is 1.16. The van der Waals surface area contributed by atoms with E-state index in [1.54, 1.807) is 4.90 Å². The van der Waals surface area contributed by atoms with Crippen LogP contribution >= 0.6 is 11.8 Å². The van der Waals surface area contributed by atoms with Gasteiger partial charge in [-0.3, -0.25) is 14.5 Å². The van der Waals surface area contributed by atoms with Gasteiger partial charge in [0.1, 0.15) is 5.54 Å². The van der Waals surface area contributed by atoms with Crippen molar-refractivity contribution in [2.45, 2.75) is 68.3 Å². The van der Waals surface area contributed by atoms with E-state index in [1.807, 2.05) is 91.0 Å². The fraction of sp³-hybridized carbons (Fsp3) is 0.273. The zero-order valence-corrected chi connectivity index (χ0v) is 28.9. The van der Waals surface area contributed by atoms with Crippen molar-refractivity contribution >= 4 is 22.9 Å². The van der Waals surface area contributed by atoms with Gasteiger partial charge in [-0.2, -0.15) is 0 Å². The number of amides is 2. The van der Waals surface area contributed by atoms with Crippen LogP contribution in [0.15, 0.2) is 146 Å². The zero-order valence-electron chi connectivity index (χ0n) is 28.1. The number of nitrogens with one attached hydrogen (secondary N) is 1. The van der Waals surface area contributed by atoms with Gasteiger partial charge in [0.15, 0.2) is 0 Å². The van der Waals surface area contributed by atoms with Crippen molar-refractivity contribution in [2.24, 2.45) is 5.92 Å². The van der Waals surface area contributed by atoms with Crippen LogP contribution in [0.3, 0.4) is 0 Å². The van der Waals surface area contributed by atoms with Gasteiger partial charge in [0, 0.05) is 12.1 Å². The standard InChI is InChI=1S/C44H44N2O2S/c1-32(34-19-7-2-8-20-34)45-41(35-21-9-3-10-22-35)36-23-17-18-33(30-36)31-40-42(47)46(43(48)49-40)44(37-24-11-4-12-25-37,38-26-13-5-14-27-38)39-28-15-6-16-29-39/h2,4-8,11-20,23-30,32,35,40-41,45H,3,9-10,21-22,31H2,1H3/t32-,40?,41?/m1/s1. The number of benzene rings is 5. The molecule has 1 N–H and O–H groups in total. The van der Waals surface area contributed by atoms with Crippen molar-refractivity contribution < 1.29 is 9.59 Å². The monoisotopic (exact) mass is 664 g/mol. The molecule has 7 rings (SSSR count). The maximum atomic E-state index is 14.7. The molecular formula is C44H44N2O2S. The Bertz CT molecular complexity index is 1750. The van der Waals surface area contributed by atoms with Crippen molar-refractivity contribution in [3.63, 3.8) is 0 Å². The molecule has 2 unspecified atom stereocenters. The lowest BCUT2D eigenvalue weighted by molar-refractivity contribution is -0.129. The number of thioether (sulfide) groups is 1. The summed E-state index contributed by atoms with van der Waals surface area (Å²) in [6.07, 6.45) is 6.74. The van der Waals surface area contributed by atoms with Crippen LogP contribution in [0.25, 0.3) is 0 Å². The summed E-state index contributed by atoms with van der Waals surface area (Å²) in [5.74, 6) is 0.398. The Hall–Kier alpha value is -4.45. The number of hydrogen-bond acceptors (Lipinski definition) is 4. The Morgan fingerprint density at radius 2 is 1.18 bits per heavy atom. The number of carbonyl (C=O) groups is 2. The van der Waals surface area contributed by atoms with Gasteiger partial charge < -0.3 is 5.32 Å². The quantitative estimate of drug-likeness (QED) is 0.143. The summed E-state index contributed by atoms with van der Waals surface area (Å²) in [4.78, 5) is 30.5. The maximum absolute atomic E-state index is 14.7. The van der Waals surface area contributed by atoms with Gasteiger partial charge in [0.05, 0.1) is 5.25 Å². The molecule has 2 fully saturated rings. The Morgan fingerprint density at radius 1 is 0.673 bits per heavy atom. The molecule has 0 radical (unpaired) electrons. The minimum Gasteiger partial charge on any atom is -0.303 e. The van der Waals surface area contributed by atoms with E-state index >= 15 is 0 Å². The molecule has 248 valence electrons. The third-order valence-electron chi connectivity index (χ3n) is 10.4. The Kier molecular flexibility index (Phi) is 10.1. The van der Waals surface area contributed by atoms with E-state index < -0.39 is 10.8 Å². The minimum atomic E-state index is -1.11. The first-order valence-electron chi connectivity index (χ1n) is 17.7. The predicted molar refractivity (Wildman–Crippen MR) is 200 cm³/mol. The predicted octanol–water partition coefficient (Wildman–Crippen LogP) is 10.3. The van der Waals surface area contributed by atoms with Gasteiger partial charge >= 0.3 is 0 Å². The molecule has 2 aliphatic rings. The summed E-state index contributed by atoms with van der Waals surface area (Å²) in [6, 6.07) is 49.8. The first-order valence-corrected chi connectivity index (χ1v) is 18.5. The highest BCUT2D eigenvalue weighted by Crippen LogP contribution is 2.48. The molecule has 5 heteroatoms. The SMILES string of the molecule is C[C@@H](NC(c1cccc(CC2SC(=O)N(C(c3ccccc3)(c3ccccc3)c3ccccc3)C2=O)c1)C1CCCCC1)c1ccccc1. The third kappa shape index (κ3) is 6.75. The Labute approximate surface area is 295 Å². The lowest BCUT2D eigenvalue weighted by atomic mass is 9.75. The Morgan fingerprint density at radius 3 is 1.73 bits per heavy atom. The summed E-state index contributed by atoms with van der Waals surface area (Å²) in [5.41, 5.74) is 5.16. The van der Waals surface area contributed by atoms with E-state index in [0.29, 0.717) is 12.3 Å². The Balaban J connectivity index is 1.22. The van der Waals surface area contributed by atoms with Gasteiger partial charge in [0.25, 0.3) is 5.24 Å². The van der Waals surface area contributed by atoms with E-state index in [2.05, 4.69) is 66.8 Å². The number of hydrogen-bond donors (Lipinski definition) is 1. The van der Waals surface area contributed by atoms with Crippen molar-refractivity contribution in [1.82, 2.24) is 10.2 Å². The van der Waals surface area contributed by atoms with Crippen LogP contribution in [0.5, 0.6) is 0 Å². The second kappa shape index (κ2) is 15.0. The molecule has 3 atom stereocenters. The molecule has 0 bridgehead atoms. The molecule has 49 heavy (non-hydrogen) atoms. The van der Waals surface area contributed by atoms with E-state index in [4.69, 9.17) is 0 Å². The fourth-order valence-electron chi connectivity index (χ4n) is 8.02. The van der Waals surface area contributed by atoms with Crippen LogP contribution in [-0.2, 0) is 16.8 Å². The number of rotatable bonds is 11.